The van der Waals surface area contributed by atoms with Crippen LogP contribution in [0.4, 0.5) is 20.6 Å². The number of carbonyl (C=O) groups is 1. The number of nitrogens with two attached hydrogens (primary N) is 2. The fourth-order valence-electron chi connectivity index (χ4n) is 3.81. The Bertz CT molecular complexity index is 1010. The van der Waals surface area contributed by atoms with Gasteiger partial charge in [-0.05, 0) is 20.0 Å². The topological polar surface area (TPSA) is 110 Å². The summed E-state index contributed by atoms with van der Waals surface area (Å²) in [6.07, 6.45) is 1.48. The van der Waals surface area contributed by atoms with Gasteiger partial charge in [0.05, 0.1) is 16.9 Å². The Morgan fingerprint density at radius 3 is 2.64 bits per heavy atom. The van der Waals surface area contributed by atoms with E-state index in [9.17, 15) is 9.59 Å². The second kappa shape index (κ2) is 6.64. The highest BCUT2D eigenvalue weighted by Gasteiger charge is 2.31. The maximum absolute atomic E-state index is 15.2. The van der Waals surface area contributed by atoms with Crippen LogP contribution in [0.2, 0.25) is 0 Å². The number of piperazine rings is 1. The van der Waals surface area contributed by atoms with Gasteiger partial charge in [0.1, 0.15) is 18.0 Å². The zero-order valence-corrected chi connectivity index (χ0v) is 15.8. The quantitative estimate of drug-likeness (QED) is 0.442. The second-order valence-electron chi connectivity index (χ2n) is 7.34. The molecule has 150 valence electrons. The number of likely N-dealkylation sites (N-methyl/N-ethyl adjacent to an activating group) is 1. The molecule has 2 aromatic rings. The summed E-state index contributed by atoms with van der Waals surface area (Å²) in [7, 11) is 2.02. The molecule has 3 heterocycles. The van der Waals surface area contributed by atoms with Gasteiger partial charge < -0.3 is 24.8 Å². The van der Waals surface area contributed by atoms with Crippen molar-refractivity contribution in [2.45, 2.75) is 13.0 Å². The van der Waals surface area contributed by atoms with Crippen LogP contribution in [0.25, 0.3) is 10.9 Å². The Kier molecular flexibility index (Phi) is 4.39. The van der Waals surface area contributed by atoms with Crippen molar-refractivity contribution in [3.8, 4) is 5.75 Å². The van der Waals surface area contributed by atoms with E-state index in [4.69, 9.17) is 16.3 Å². The van der Waals surface area contributed by atoms with E-state index in [-0.39, 0.29) is 17.1 Å². The molecule has 2 aliphatic rings. The third-order valence-corrected chi connectivity index (χ3v) is 5.44. The van der Waals surface area contributed by atoms with Crippen LogP contribution in [0.15, 0.2) is 17.1 Å². The second-order valence-corrected chi connectivity index (χ2v) is 7.34. The van der Waals surface area contributed by atoms with Gasteiger partial charge in [-0.15, -0.1) is 0 Å². The highest BCUT2D eigenvalue weighted by molar-refractivity contribution is 5.96. The first-order valence-corrected chi connectivity index (χ1v) is 9.11. The molecule has 0 saturated carbocycles. The summed E-state index contributed by atoms with van der Waals surface area (Å²) in [5.74, 6) is 5.47. The average molecular weight is 390 g/mol. The monoisotopic (exact) mass is 390 g/mol. The van der Waals surface area contributed by atoms with Gasteiger partial charge in [-0.3, -0.25) is 4.79 Å². The molecule has 0 radical (unpaired) electrons. The lowest BCUT2D eigenvalue weighted by atomic mass is 10.1. The largest absolute Gasteiger partial charge is 0.487 e. The molecule has 0 spiro atoms. The van der Waals surface area contributed by atoms with Crippen molar-refractivity contribution < 1.29 is 13.9 Å². The molecular weight excluding hydrogens is 367 g/mol. The van der Waals surface area contributed by atoms with Crippen molar-refractivity contribution >= 4 is 28.3 Å². The molecule has 1 aromatic carbocycles. The minimum Gasteiger partial charge on any atom is -0.487 e. The number of aromatic nitrogens is 1. The lowest BCUT2D eigenvalue weighted by Crippen LogP contribution is -2.45. The number of hydrogen-bond donors (Lipinski definition) is 2. The number of rotatable bonds is 2. The van der Waals surface area contributed by atoms with E-state index in [2.05, 4.69) is 4.90 Å². The Balaban J connectivity index is 1.98. The van der Waals surface area contributed by atoms with Crippen LogP contribution in [0.5, 0.6) is 5.75 Å². The zero-order valence-electron chi connectivity index (χ0n) is 15.8. The third-order valence-electron chi connectivity index (χ3n) is 5.44. The predicted octanol–water partition coefficient (Wildman–Crippen LogP) is 0.605. The van der Waals surface area contributed by atoms with Crippen LogP contribution in [-0.2, 0) is 0 Å². The molecule has 1 unspecified atom stereocenters. The number of amides is 2. The highest BCUT2D eigenvalue weighted by Crippen LogP contribution is 2.42. The van der Waals surface area contributed by atoms with Gasteiger partial charge in [-0.2, -0.15) is 0 Å². The van der Waals surface area contributed by atoms with Gasteiger partial charge in [-0.1, -0.05) is 0 Å². The molecule has 1 aromatic heterocycles. The van der Waals surface area contributed by atoms with Gasteiger partial charge in [0.2, 0.25) is 5.43 Å². The van der Waals surface area contributed by atoms with Crippen molar-refractivity contribution in [3.63, 3.8) is 0 Å². The number of ether oxygens (including phenoxy) is 1. The van der Waals surface area contributed by atoms with Gasteiger partial charge in [0.25, 0.3) is 0 Å². The summed E-state index contributed by atoms with van der Waals surface area (Å²) in [5.41, 5.74) is 5.41. The van der Waals surface area contributed by atoms with Crippen LogP contribution in [0, 0.1) is 5.82 Å². The van der Waals surface area contributed by atoms with E-state index >= 15 is 4.39 Å². The highest BCUT2D eigenvalue weighted by atomic mass is 19.1. The summed E-state index contributed by atoms with van der Waals surface area (Å²) >= 11 is 0. The molecule has 2 amide bonds. The van der Waals surface area contributed by atoms with Crippen LogP contribution in [0.3, 0.4) is 0 Å². The zero-order chi connectivity index (χ0) is 20.2. The molecule has 4 rings (SSSR count). The van der Waals surface area contributed by atoms with Crippen molar-refractivity contribution in [1.29, 1.82) is 0 Å². The first kappa shape index (κ1) is 18.5. The number of primary amides is 1. The van der Waals surface area contributed by atoms with Crippen molar-refractivity contribution in [2.24, 2.45) is 11.6 Å². The fraction of sp³-hybridized carbons (Fsp3) is 0.444. The third kappa shape index (κ3) is 2.76. The standard InChI is InChI=1S/C18H23FN6O3/c1-10-9-28-17-14-11(16(26)13(8-24(10)14)25(21)18(20)27)7-12(19)15(17)23-5-3-22(2)4-6-23/h7-8,10H,3-6,9,21H2,1-2H3,(H2,20,27). The number of hydrogen-bond acceptors (Lipinski definition) is 6. The Labute approximate surface area is 160 Å². The van der Waals surface area contributed by atoms with Gasteiger partial charge in [-0.25, -0.2) is 20.0 Å². The number of benzene rings is 1. The van der Waals surface area contributed by atoms with E-state index in [1.807, 2.05) is 18.9 Å². The van der Waals surface area contributed by atoms with Gasteiger partial charge in [0, 0.05) is 32.4 Å². The molecule has 1 atom stereocenters. The van der Waals surface area contributed by atoms with Crippen molar-refractivity contribution in [1.82, 2.24) is 9.47 Å². The fourth-order valence-corrected chi connectivity index (χ4v) is 3.81. The van der Waals surface area contributed by atoms with E-state index in [0.29, 0.717) is 41.7 Å². The van der Waals surface area contributed by atoms with E-state index < -0.39 is 17.3 Å². The van der Waals surface area contributed by atoms with Crippen LogP contribution >= 0.6 is 0 Å². The molecule has 1 fully saturated rings. The van der Waals surface area contributed by atoms with E-state index in [1.165, 1.54) is 12.3 Å². The summed E-state index contributed by atoms with van der Waals surface area (Å²) < 4.78 is 22.9. The summed E-state index contributed by atoms with van der Waals surface area (Å²) in [6.45, 7) is 5.13. The molecule has 28 heavy (non-hydrogen) atoms. The predicted molar refractivity (Wildman–Crippen MR) is 104 cm³/mol. The molecule has 4 N–H and O–H groups in total. The van der Waals surface area contributed by atoms with Gasteiger partial charge >= 0.3 is 6.03 Å². The minimum atomic E-state index is -0.973. The van der Waals surface area contributed by atoms with Crippen molar-refractivity contribution in [2.75, 3.05) is 49.7 Å². The lowest BCUT2D eigenvalue weighted by Gasteiger charge is -2.37. The number of halogens is 1. The number of pyridine rings is 1. The van der Waals surface area contributed by atoms with Crippen LogP contribution < -0.4 is 31.7 Å². The molecule has 9 nitrogen and oxygen atoms in total. The molecule has 10 heteroatoms. The smallest absolute Gasteiger partial charge is 0.333 e. The number of nitrogens with zero attached hydrogens (tertiary/aromatic N) is 4. The van der Waals surface area contributed by atoms with Crippen LogP contribution in [-0.4, -0.2) is 55.3 Å². The Morgan fingerprint density at radius 2 is 2.00 bits per heavy atom. The molecule has 2 aliphatic heterocycles. The molecule has 0 aliphatic carbocycles. The van der Waals surface area contributed by atoms with E-state index in [1.54, 1.807) is 4.57 Å². The summed E-state index contributed by atoms with van der Waals surface area (Å²) in [4.78, 5) is 28.5. The first-order chi connectivity index (χ1) is 13.3. The Hall–Kier alpha value is -2.85. The van der Waals surface area contributed by atoms with Crippen LogP contribution in [0.1, 0.15) is 13.0 Å². The average Bonchev–Trinajstić information content (AvgIpc) is 2.66. The van der Waals surface area contributed by atoms with Crippen molar-refractivity contribution in [3.05, 3.63) is 28.3 Å². The number of anilines is 2. The number of urea groups is 1. The number of carbonyl (C=O) groups excluding carboxylic acids is 1. The first-order valence-electron chi connectivity index (χ1n) is 9.11. The molecule has 0 bridgehead atoms. The molecular formula is C18H23FN6O3. The Morgan fingerprint density at radius 1 is 1.32 bits per heavy atom. The normalized spacial score (nSPS) is 19.6. The maximum atomic E-state index is 15.2. The summed E-state index contributed by atoms with van der Waals surface area (Å²) in [5, 5.41) is 0.686. The SMILES string of the molecule is CC1COc2c(N3CCN(C)CC3)c(F)cc3c(=O)c(N(N)C(N)=O)cn1c23. The maximum Gasteiger partial charge on any atom is 0.333 e. The summed E-state index contributed by atoms with van der Waals surface area (Å²) in [6, 6.07) is 0.0885. The number of hydrazine groups is 1. The lowest BCUT2D eigenvalue weighted by molar-refractivity contribution is 0.244. The van der Waals surface area contributed by atoms with Gasteiger partial charge in [0.15, 0.2) is 11.6 Å². The molecule has 1 saturated heterocycles. The minimum absolute atomic E-state index is 0.103. The van der Waals surface area contributed by atoms with E-state index in [0.717, 1.165) is 13.1 Å².